The maximum atomic E-state index is 12.0. The SMILES string of the molecule is CCN(C)C(=O)C1Cc2ccccc2CN1.Cl. The third kappa shape index (κ3) is 2.99. The van der Waals surface area contributed by atoms with Gasteiger partial charge in [-0.05, 0) is 24.5 Å². The Hall–Kier alpha value is -1.06. The van der Waals surface area contributed by atoms with Crippen LogP contribution in [0, 0.1) is 0 Å². The summed E-state index contributed by atoms with van der Waals surface area (Å²) in [4.78, 5) is 13.8. The van der Waals surface area contributed by atoms with Crippen molar-refractivity contribution in [3.05, 3.63) is 35.4 Å². The van der Waals surface area contributed by atoms with Crippen LogP contribution in [0.1, 0.15) is 18.1 Å². The molecule has 0 fully saturated rings. The lowest BCUT2D eigenvalue weighted by Crippen LogP contribution is -2.48. The van der Waals surface area contributed by atoms with Crippen LogP contribution in [0.2, 0.25) is 0 Å². The van der Waals surface area contributed by atoms with E-state index in [1.807, 2.05) is 26.1 Å². The second kappa shape index (κ2) is 6.03. The molecule has 1 atom stereocenters. The molecule has 3 nitrogen and oxygen atoms in total. The lowest BCUT2D eigenvalue weighted by atomic mass is 9.95. The molecule has 0 aliphatic carbocycles. The van der Waals surface area contributed by atoms with Crippen LogP contribution in [0.4, 0.5) is 0 Å². The van der Waals surface area contributed by atoms with Crippen LogP contribution in [0.5, 0.6) is 0 Å². The normalized spacial score (nSPS) is 17.9. The molecule has 1 heterocycles. The Morgan fingerprint density at radius 3 is 2.71 bits per heavy atom. The molecule has 94 valence electrons. The van der Waals surface area contributed by atoms with Crippen molar-refractivity contribution in [3.8, 4) is 0 Å². The monoisotopic (exact) mass is 254 g/mol. The number of amides is 1. The van der Waals surface area contributed by atoms with E-state index in [4.69, 9.17) is 0 Å². The van der Waals surface area contributed by atoms with E-state index in [1.165, 1.54) is 11.1 Å². The van der Waals surface area contributed by atoms with Crippen molar-refractivity contribution < 1.29 is 4.79 Å². The number of hydrogen-bond acceptors (Lipinski definition) is 2. The minimum Gasteiger partial charge on any atom is -0.345 e. The fraction of sp³-hybridized carbons (Fsp3) is 0.462. The lowest BCUT2D eigenvalue weighted by molar-refractivity contribution is -0.132. The van der Waals surface area contributed by atoms with E-state index in [1.54, 1.807) is 4.90 Å². The highest BCUT2D eigenvalue weighted by Gasteiger charge is 2.25. The maximum absolute atomic E-state index is 12.0. The Morgan fingerprint density at radius 1 is 1.41 bits per heavy atom. The molecule has 1 aliphatic heterocycles. The second-order valence-electron chi connectivity index (χ2n) is 4.26. The number of halogens is 1. The van der Waals surface area contributed by atoms with E-state index in [0.29, 0.717) is 0 Å². The largest absolute Gasteiger partial charge is 0.345 e. The zero-order valence-electron chi connectivity index (χ0n) is 10.3. The molecule has 0 bridgehead atoms. The van der Waals surface area contributed by atoms with Gasteiger partial charge in [0.2, 0.25) is 5.91 Å². The zero-order valence-corrected chi connectivity index (χ0v) is 11.1. The van der Waals surface area contributed by atoms with Crippen LogP contribution in [-0.2, 0) is 17.8 Å². The summed E-state index contributed by atoms with van der Waals surface area (Å²) >= 11 is 0. The van der Waals surface area contributed by atoms with Gasteiger partial charge in [-0.3, -0.25) is 4.79 Å². The molecule has 4 heteroatoms. The van der Waals surface area contributed by atoms with Crippen LogP contribution >= 0.6 is 12.4 Å². The number of nitrogens with one attached hydrogen (secondary N) is 1. The fourth-order valence-electron chi connectivity index (χ4n) is 2.05. The Bertz CT molecular complexity index is 395. The van der Waals surface area contributed by atoms with Crippen LogP contribution in [0.3, 0.4) is 0 Å². The molecule has 1 aromatic carbocycles. The Balaban J connectivity index is 0.00000144. The third-order valence-electron chi connectivity index (χ3n) is 3.23. The van der Waals surface area contributed by atoms with Gasteiger partial charge in [-0.15, -0.1) is 12.4 Å². The van der Waals surface area contributed by atoms with Crippen LogP contribution in [0.15, 0.2) is 24.3 Å². The first-order chi connectivity index (χ1) is 7.72. The standard InChI is InChI=1S/C13H18N2O.ClH/c1-3-15(2)13(16)12-8-10-6-4-5-7-11(10)9-14-12;/h4-7,12,14H,3,8-9H2,1-2H3;1H. The average Bonchev–Trinajstić information content (AvgIpc) is 2.36. The van der Waals surface area contributed by atoms with Crippen molar-refractivity contribution in [1.29, 1.82) is 0 Å². The Morgan fingerprint density at radius 2 is 2.06 bits per heavy atom. The van der Waals surface area contributed by atoms with Gasteiger partial charge in [0.15, 0.2) is 0 Å². The predicted molar refractivity (Wildman–Crippen MR) is 71.3 cm³/mol. The molecule has 1 amide bonds. The molecule has 2 rings (SSSR count). The van der Waals surface area contributed by atoms with E-state index < -0.39 is 0 Å². The Kier molecular flexibility index (Phi) is 4.97. The molecule has 17 heavy (non-hydrogen) atoms. The summed E-state index contributed by atoms with van der Waals surface area (Å²) in [6.07, 6.45) is 0.805. The average molecular weight is 255 g/mol. The zero-order chi connectivity index (χ0) is 11.5. The van der Waals surface area contributed by atoms with Crippen molar-refractivity contribution in [3.63, 3.8) is 0 Å². The van der Waals surface area contributed by atoms with Crippen molar-refractivity contribution in [2.45, 2.75) is 25.9 Å². The lowest BCUT2D eigenvalue weighted by Gasteiger charge is -2.28. The molecular formula is C13H19ClN2O. The first-order valence-electron chi connectivity index (χ1n) is 5.77. The summed E-state index contributed by atoms with van der Waals surface area (Å²) in [5, 5.41) is 3.30. The number of rotatable bonds is 2. The topological polar surface area (TPSA) is 32.3 Å². The van der Waals surface area contributed by atoms with Crippen molar-refractivity contribution in [2.24, 2.45) is 0 Å². The number of nitrogens with zero attached hydrogens (tertiary/aromatic N) is 1. The van der Waals surface area contributed by atoms with Crippen LogP contribution in [-0.4, -0.2) is 30.4 Å². The van der Waals surface area contributed by atoms with Crippen LogP contribution in [0.25, 0.3) is 0 Å². The smallest absolute Gasteiger partial charge is 0.239 e. The minimum absolute atomic E-state index is 0. The van der Waals surface area contributed by atoms with Gasteiger partial charge in [0, 0.05) is 20.1 Å². The molecule has 1 N–H and O–H groups in total. The Labute approximate surface area is 109 Å². The fourth-order valence-corrected chi connectivity index (χ4v) is 2.05. The minimum atomic E-state index is -0.0557. The van der Waals surface area contributed by atoms with Gasteiger partial charge in [-0.25, -0.2) is 0 Å². The summed E-state index contributed by atoms with van der Waals surface area (Å²) in [5.41, 5.74) is 2.61. The number of carbonyl (C=O) groups is 1. The van der Waals surface area contributed by atoms with Crippen LogP contribution < -0.4 is 5.32 Å². The summed E-state index contributed by atoms with van der Waals surface area (Å²) in [6, 6.07) is 8.25. The van der Waals surface area contributed by atoms with E-state index in [-0.39, 0.29) is 24.4 Å². The van der Waals surface area contributed by atoms with Gasteiger partial charge < -0.3 is 10.2 Å². The number of likely N-dealkylation sites (N-methyl/N-ethyl adjacent to an activating group) is 1. The van der Waals surface area contributed by atoms with E-state index in [9.17, 15) is 4.79 Å². The first-order valence-corrected chi connectivity index (χ1v) is 5.77. The molecule has 0 saturated carbocycles. The molecule has 0 radical (unpaired) electrons. The molecular weight excluding hydrogens is 236 g/mol. The second-order valence-corrected chi connectivity index (χ2v) is 4.26. The van der Waals surface area contributed by atoms with Gasteiger partial charge in [0.1, 0.15) is 0 Å². The van der Waals surface area contributed by atoms with Gasteiger partial charge in [0.25, 0.3) is 0 Å². The number of fused-ring (bicyclic) bond motifs is 1. The molecule has 1 unspecified atom stereocenters. The van der Waals surface area contributed by atoms with Gasteiger partial charge >= 0.3 is 0 Å². The molecule has 1 aliphatic rings. The van der Waals surface area contributed by atoms with E-state index in [2.05, 4.69) is 17.4 Å². The number of benzene rings is 1. The molecule has 0 saturated heterocycles. The first kappa shape index (κ1) is 14.0. The van der Waals surface area contributed by atoms with E-state index >= 15 is 0 Å². The quantitative estimate of drug-likeness (QED) is 0.870. The van der Waals surface area contributed by atoms with Gasteiger partial charge in [-0.2, -0.15) is 0 Å². The van der Waals surface area contributed by atoms with Gasteiger partial charge in [-0.1, -0.05) is 24.3 Å². The third-order valence-corrected chi connectivity index (χ3v) is 3.23. The maximum Gasteiger partial charge on any atom is 0.239 e. The molecule has 0 aromatic heterocycles. The van der Waals surface area contributed by atoms with Crippen molar-refractivity contribution in [1.82, 2.24) is 10.2 Å². The number of hydrogen-bond donors (Lipinski definition) is 1. The molecule has 0 spiro atoms. The highest BCUT2D eigenvalue weighted by atomic mass is 35.5. The predicted octanol–water partition coefficient (Wildman–Crippen LogP) is 1.60. The highest BCUT2D eigenvalue weighted by molar-refractivity contribution is 5.85. The number of carbonyl (C=O) groups excluding carboxylic acids is 1. The summed E-state index contributed by atoms with van der Waals surface area (Å²) < 4.78 is 0. The highest BCUT2D eigenvalue weighted by Crippen LogP contribution is 2.16. The van der Waals surface area contributed by atoms with Crippen molar-refractivity contribution in [2.75, 3.05) is 13.6 Å². The summed E-state index contributed by atoms with van der Waals surface area (Å²) in [7, 11) is 1.85. The molecule has 1 aromatic rings. The van der Waals surface area contributed by atoms with Gasteiger partial charge in [0.05, 0.1) is 6.04 Å². The van der Waals surface area contributed by atoms with Crippen molar-refractivity contribution >= 4 is 18.3 Å². The summed E-state index contributed by atoms with van der Waals surface area (Å²) in [5.74, 6) is 0.192. The van der Waals surface area contributed by atoms with E-state index in [0.717, 1.165) is 19.5 Å². The summed E-state index contributed by atoms with van der Waals surface area (Å²) in [6.45, 7) is 3.55.